The van der Waals surface area contributed by atoms with Crippen LogP contribution in [0.5, 0.6) is 0 Å². The van der Waals surface area contributed by atoms with Crippen molar-refractivity contribution >= 4 is 34.1 Å². The number of rotatable bonds is 7. The molecule has 1 aromatic rings. The maximum absolute atomic E-state index is 11.8. The van der Waals surface area contributed by atoms with Gasteiger partial charge in [-0.1, -0.05) is 55.9 Å². The minimum absolute atomic E-state index is 0.146. The summed E-state index contributed by atoms with van der Waals surface area (Å²) < 4.78 is 6.30. The van der Waals surface area contributed by atoms with Gasteiger partial charge in [0.15, 0.2) is 0 Å². The standard InChI is InChI=1S/C16H22O2S2/c1-4-11-16(2,3)18-14(17)10-12-20-15(19)13-8-6-5-7-9-13/h5-9H,4,10-12H2,1-3H3. The fourth-order valence-corrected chi connectivity index (χ4v) is 3.04. The van der Waals surface area contributed by atoms with Gasteiger partial charge in [0.25, 0.3) is 0 Å². The highest BCUT2D eigenvalue weighted by Crippen LogP contribution is 2.19. The molecule has 110 valence electrons. The van der Waals surface area contributed by atoms with E-state index < -0.39 is 0 Å². The van der Waals surface area contributed by atoms with Crippen LogP contribution in [-0.4, -0.2) is 21.5 Å². The van der Waals surface area contributed by atoms with E-state index in [1.54, 1.807) is 0 Å². The number of thioether (sulfide) groups is 1. The molecule has 1 aromatic carbocycles. The van der Waals surface area contributed by atoms with Crippen molar-refractivity contribution < 1.29 is 9.53 Å². The quantitative estimate of drug-likeness (QED) is 0.543. The van der Waals surface area contributed by atoms with Gasteiger partial charge < -0.3 is 4.74 Å². The van der Waals surface area contributed by atoms with Crippen molar-refractivity contribution in [3.63, 3.8) is 0 Å². The third kappa shape index (κ3) is 6.53. The van der Waals surface area contributed by atoms with Gasteiger partial charge in [0.2, 0.25) is 0 Å². The summed E-state index contributed by atoms with van der Waals surface area (Å²) in [4.78, 5) is 11.8. The fraction of sp³-hybridized carbons (Fsp3) is 0.500. The molecule has 0 radical (unpaired) electrons. The van der Waals surface area contributed by atoms with Crippen molar-refractivity contribution in [1.82, 2.24) is 0 Å². The molecule has 2 nitrogen and oxygen atoms in total. The zero-order chi connectivity index (χ0) is 15.0. The average Bonchev–Trinajstić information content (AvgIpc) is 2.38. The van der Waals surface area contributed by atoms with Crippen LogP contribution in [0.1, 0.15) is 45.6 Å². The van der Waals surface area contributed by atoms with Gasteiger partial charge in [0.1, 0.15) is 5.60 Å². The minimum Gasteiger partial charge on any atom is -0.460 e. The van der Waals surface area contributed by atoms with E-state index in [0.717, 1.165) is 22.6 Å². The van der Waals surface area contributed by atoms with Crippen LogP contribution in [0.3, 0.4) is 0 Å². The van der Waals surface area contributed by atoms with Crippen molar-refractivity contribution in [1.29, 1.82) is 0 Å². The molecule has 0 aromatic heterocycles. The maximum atomic E-state index is 11.8. The number of benzene rings is 1. The van der Waals surface area contributed by atoms with Crippen molar-refractivity contribution in [3.8, 4) is 0 Å². The molecule has 0 aliphatic carbocycles. The summed E-state index contributed by atoms with van der Waals surface area (Å²) in [5.41, 5.74) is 0.670. The molecular weight excluding hydrogens is 288 g/mol. The molecule has 0 aliphatic rings. The molecule has 0 bridgehead atoms. The van der Waals surface area contributed by atoms with E-state index in [1.807, 2.05) is 44.2 Å². The van der Waals surface area contributed by atoms with E-state index in [9.17, 15) is 4.79 Å². The van der Waals surface area contributed by atoms with Crippen molar-refractivity contribution in [2.45, 2.75) is 45.6 Å². The van der Waals surface area contributed by atoms with Crippen LogP contribution < -0.4 is 0 Å². The summed E-state index contributed by atoms with van der Waals surface area (Å²) in [6.45, 7) is 6.00. The normalized spacial score (nSPS) is 11.2. The lowest BCUT2D eigenvalue weighted by Gasteiger charge is -2.24. The van der Waals surface area contributed by atoms with Gasteiger partial charge in [-0.15, -0.1) is 11.8 Å². The van der Waals surface area contributed by atoms with Crippen LogP contribution in [0, 0.1) is 0 Å². The first-order valence-corrected chi connectivity index (χ1v) is 8.28. The van der Waals surface area contributed by atoms with Crippen molar-refractivity contribution in [2.75, 3.05) is 5.75 Å². The molecular formula is C16H22O2S2. The Kier molecular flexibility index (Phi) is 7.24. The molecule has 0 heterocycles. The third-order valence-corrected chi connectivity index (χ3v) is 4.29. The topological polar surface area (TPSA) is 26.3 Å². The summed E-state index contributed by atoms with van der Waals surface area (Å²) in [5, 5.41) is 0. The number of carbonyl (C=O) groups excluding carboxylic acids is 1. The van der Waals surface area contributed by atoms with Gasteiger partial charge in [-0.3, -0.25) is 4.79 Å². The predicted octanol–water partition coefficient (Wildman–Crippen LogP) is 4.61. The highest BCUT2D eigenvalue weighted by Gasteiger charge is 2.21. The number of hydrogen-bond donors (Lipinski definition) is 0. The Morgan fingerprint density at radius 1 is 1.30 bits per heavy atom. The Bertz CT molecular complexity index is 441. The van der Waals surface area contributed by atoms with Crippen LogP contribution >= 0.6 is 24.0 Å². The highest BCUT2D eigenvalue weighted by molar-refractivity contribution is 8.23. The monoisotopic (exact) mass is 310 g/mol. The van der Waals surface area contributed by atoms with Crippen LogP contribution in [-0.2, 0) is 9.53 Å². The summed E-state index contributed by atoms with van der Waals surface area (Å²) in [7, 11) is 0. The molecule has 0 saturated carbocycles. The largest absolute Gasteiger partial charge is 0.460 e. The molecule has 0 atom stereocenters. The Morgan fingerprint density at radius 2 is 1.95 bits per heavy atom. The molecule has 1 rings (SSSR count). The lowest BCUT2D eigenvalue weighted by Crippen LogP contribution is -2.28. The number of hydrogen-bond acceptors (Lipinski definition) is 4. The first-order chi connectivity index (χ1) is 9.44. The Labute approximate surface area is 131 Å². The predicted molar refractivity (Wildman–Crippen MR) is 90.3 cm³/mol. The van der Waals surface area contributed by atoms with Crippen LogP contribution in [0.15, 0.2) is 30.3 Å². The van der Waals surface area contributed by atoms with Gasteiger partial charge in [0, 0.05) is 5.75 Å². The molecule has 0 aliphatic heterocycles. The van der Waals surface area contributed by atoms with E-state index in [1.165, 1.54) is 11.8 Å². The Balaban J connectivity index is 2.30. The van der Waals surface area contributed by atoms with Crippen LogP contribution in [0.4, 0.5) is 0 Å². The Morgan fingerprint density at radius 3 is 2.55 bits per heavy atom. The van der Waals surface area contributed by atoms with Gasteiger partial charge in [-0.25, -0.2) is 0 Å². The highest BCUT2D eigenvalue weighted by atomic mass is 32.2. The van der Waals surface area contributed by atoms with Crippen LogP contribution in [0.2, 0.25) is 0 Å². The average molecular weight is 310 g/mol. The van der Waals surface area contributed by atoms with E-state index in [2.05, 4.69) is 6.92 Å². The molecule has 0 fully saturated rings. The molecule has 0 saturated heterocycles. The molecule has 20 heavy (non-hydrogen) atoms. The molecule has 0 N–H and O–H groups in total. The van der Waals surface area contributed by atoms with E-state index >= 15 is 0 Å². The zero-order valence-corrected chi connectivity index (χ0v) is 14.0. The summed E-state index contributed by atoms with van der Waals surface area (Å²) in [5.74, 6) is 0.515. The van der Waals surface area contributed by atoms with Gasteiger partial charge >= 0.3 is 5.97 Å². The SMILES string of the molecule is CCCC(C)(C)OC(=O)CCSC(=S)c1ccccc1. The number of esters is 1. The molecule has 0 amide bonds. The lowest BCUT2D eigenvalue weighted by molar-refractivity contribution is -0.156. The van der Waals surface area contributed by atoms with Crippen LogP contribution in [0.25, 0.3) is 0 Å². The second-order valence-electron chi connectivity index (χ2n) is 5.24. The Hall–Kier alpha value is -0.870. The van der Waals surface area contributed by atoms with Crippen molar-refractivity contribution in [2.24, 2.45) is 0 Å². The molecule has 4 heteroatoms. The fourth-order valence-electron chi connectivity index (χ4n) is 1.90. The number of thiocarbonyl (C=S) groups is 1. The first kappa shape index (κ1) is 17.2. The van der Waals surface area contributed by atoms with E-state index in [0.29, 0.717) is 12.2 Å². The smallest absolute Gasteiger partial charge is 0.307 e. The molecule has 0 unspecified atom stereocenters. The maximum Gasteiger partial charge on any atom is 0.307 e. The second-order valence-corrected chi connectivity index (χ2v) is 7.01. The van der Waals surface area contributed by atoms with Gasteiger partial charge in [-0.05, 0) is 25.8 Å². The molecule has 0 spiro atoms. The van der Waals surface area contributed by atoms with Gasteiger partial charge in [-0.2, -0.15) is 0 Å². The van der Waals surface area contributed by atoms with Crippen molar-refractivity contribution in [3.05, 3.63) is 35.9 Å². The second kappa shape index (κ2) is 8.42. The van der Waals surface area contributed by atoms with Gasteiger partial charge in [0.05, 0.1) is 10.6 Å². The summed E-state index contributed by atoms with van der Waals surface area (Å²) >= 11 is 6.86. The third-order valence-electron chi connectivity index (χ3n) is 2.79. The zero-order valence-electron chi connectivity index (χ0n) is 12.3. The first-order valence-electron chi connectivity index (χ1n) is 6.88. The van der Waals surface area contributed by atoms with E-state index in [-0.39, 0.29) is 11.6 Å². The number of carbonyl (C=O) groups is 1. The van der Waals surface area contributed by atoms with E-state index in [4.69, 9.17) is 17.0 Å². The lowest BCUT2D eigenvalue weighted by atomic mass is 10.0. The minimum atomic E-state index is -0.365. The summed E-state index contributed by atoms with van der Waals surface area (Å²) in [6.07, 6.45) is 2.28. The summed E-state index contributed by atoms with van der Waals surface area (Å²) in [6, 6.07) is 9.85. The number of ether oxygens (including phenoxy) is 1.